The van der Waals surface area contributed by atoms with Crippen molar-refractivity contribution in [1.29, 1.82) is 0 Å². The van der Waals surface area contributed by atoms with E-state index in [1.54, 1.807) is 30.3 Å². The van der Waals surface area contributed by atoms with Gasteiger partial charge in [0.05, 0.1) is 6.33 Å². The van der Waals surface area contributed by atoms with Crippen molar-refractivity contribution in [3.8, 4) is 0 Å². The Labute approximate surface area is 313 Å². The van der Waals surface area contributed by atoms with Crippen LogP contribution >= 0.6 is 0 Å². The van der Waals surface area contributed by atoms with Gasteiger partial charge in [0.25, 0.3) is 0 Å². The molecular formula is C36H52N10O8. The van der Waals surface area contributed by atoms with Crippen LogP contribution in [0.4, 0.5) is 0 Å². The van der Waals surface area contributed by atoms with Crippen molar-refractivity contribution in [2.24, 2.45) is 5.73 Å². The molecule has 18 nitrogen and oxygen atoms in total. The minimum atomic E-state index is -1.32. The number of imidazole rings is 1. The van der Waals surface area contributed by atoms with Crippen LogP contribution in [0.2, 0.25) is 0 Å². The zero-order chi connectivity index (χ0) is 39.6. The quantitative estimate of drug-likeness (QED) is 0.129. The van der Waals surface area contributed by atoms with Crippen molar-refractivity contribution >= 4 is 47.3 Å². The number of primary amides is 1. The van der Waals surface area contributed by atoms with Gasteiger partial charge >= 0.3 is 0 Å². The number of hydrogen-bond donors (Lipinski definition) is 9. The summed E-state index contributed by atoms with van der Waals surface area (Å²) in [6.45, 7) is 4.71. The Balaban J connectivity index is 1.99. The molecule has 2 aromatic rings. The van der Waals surface area contributed by atoms with Crippen LogP contribution in [0.1, 0.15) is 77.0 Å². The Hall–Kier alpha value is -5.81. The minimum absolute atomic E-state index is 0.0114. The molecular weight excluding hydrogens is 700 g/mol. The number of amides is 8. The molecule has 1 aliphatic heterocycles. The average molecular weight is 753 g/mol. The van der Waals surface area contributed by atoms with Crippen molar-refractivity contribution in [2.45, 2.75) is 115 Å². The lowest BCUT2D eigenvalue weighted by Crippen LogP contribution is -2.60. The summed E-state index contributed by atoms with van der Waals surface area (Å²) >= 11 is 0. The van der Waals surface area contributed by atoms with Gasteiger partial charge < -0.3 is 47.9 Å². The number of hydrogen-bond acceptors (Lipinski definition) is 9. The molecule has 8 amide bonds. The lowest BCUT2D eigenvalue weighted by atomic mass is 10.0. The maximum Gasteiger partial charge on any atom is 0.243 e. The summed E-state index contributed by atoms with van der Waals surface area (Å²) in [5.74, 6) is -5.32. The molecule has 1 fully saturated rings. The molecule has 1 saturated heterocycles. The van der Waals surface area contributed by atoms with E-state index in [2.05, 4.69) is 47.2 Å². The van der Waals surface area contributed by atoms with E-state index in [0.717, 1.165) is 6.42 Å². The first-order valence-electron chi connectivity index (χ1n) is 18.1. The number of nitrogens with zero attached hydrogens (tertiary/aromatic N) is 1. The Kier molecular flexibility index (Phi) is 17.1. The monoisotopic (exact) mass is 752 g/mol. The fourth-order valence-corrected chi connectivity index (χ4v) is 5.75. The highest BCUT2D eigenvalue weighted by Gasteiger charge is 2.33. The standard InChI is InChI=1S/C36H52N10O8/c1-4-5-12-26(42-22(3)47)33(51)44-27-14-15-30(48)39-16-9-13-25(31(37)49)43-32(50)21(2)41-35(53)28(17-23-10-7-6-8-11-23)45-36(54)29(46-34(27)52)18-24-19-38-20-40-24/h6-8,10-11,19-21,25-29H,4-5,9,12-18H2,1-3H3,(H2,37,49)(H,38,40)(H,39,48)(H,41,53)(H,42,47)(H,43,50)(H,44,51)(H,45,54)(H,46,52)/t21-,25-,26-,27-,28+,29-/m0/s1. The van der Waals surface area contributed by atoms with Gasteiger partial charge in [0.1, 0.15) is 36.3 Å². The summed E-state index contributed by atoms with van der Waals surface area (Å²) < 4.78 is 0. The maximum atomic E-state index is 14.0. The molecule has 2 heterocycles. The molecule has 1 aromatic heterocycles. The summed E-state index contributed by atoms with van der Waals surface area (Å²) in [7, 11) is 0. The second-order valence-corrected chi connectivity index (χ2v) is 13.3. The molecule has 1 aromatic carbocycles. The van der Waals surface area contributed by atoms with Crippen LogP contribution in [0.5, 0.6) is 0 Å². The smallest absolute Gasteiger partial charge is 0.243 e. The van der Waals surface area contributed by atoms with E-state index in [1.807, 2.05) is 6.92 Å². The summed E-state index contributed by atoms with van der Waals surface area (Å²) in [6, 6.07) is 1.75. The second-order valence-electron chi connectivity index (χ2n) is 13.3. The molecule has 0 saturated carbocycles. The van der Waals surface area contributed by atoms with Crippen LogP contribution in [0.15, 0.2) is 42.9 Å². The van der Waals surface area contributed by atoms with Gasteiger partial charge in [-0.2, -0.15) is 0 Å². The van der Waals surface area contributed by atoms with Gasteiger partial charge in [-0.3, -0.25) is 38.4 Å². The van der Waals surface area contributed by atoms with Crippen molar-refractivity contribution in [3.05, 3.63) is 54.1 Å². The van der Waals surface area contributed by atoms with Crippen LogP contribution < -0.4 is 43.0 Å². The molecule has 0 aliphatic carbocycles. The molecule has 3 rings (SSSR count). The molecule has 0 radical (unpaired) electrons. The largest absolute Gasteiger partial charge is 0.368 e. The Morgan fingerprint density at radius 2 is 1.59 bits per heavy atom. The number of unbranched alkanes of at least 4 members (excludes halogenated alkanes) is 1. The molecule has 10 N–H and O–H groups in total. The number of H-pyrrole nitrogens is 1. The topological polar surface area (TPSA) is 275 Å². The van der Waals surface area contributed by atoms with E-state index in [-0.39, 0.29) is 45.1 Å². The number of aromatic amines is 1. The average Bonchev–Trinajstić information content (AvgIpc) is 3.65. The lowest BCUT2D eigenvalue weighted by Gasteiger charge is -2.27. The number of nitrogens with two attached hydrogens (primary N) is 1. The molecule has 0 spiro atoms. The fraction of sp³-hybridized carbons (Fsp3) is 0.528. The summed E-state index contributed by atoms with van der Waals surface area (Å²) in [6.07, 6.45) is 4.34. The summed E-state index contributed by atoms with van der Waals surface area (Å²) in [5, 5.41) is 18.5. The Bertz CT molecular complexity index is 1600. The van der Waals surface area contributed by atoms with Crippen molar-refractivity contribution in [3.63, 3.8) is 0 Å². The van der Waals surface area contributed by atoms with Gasteiger partial charge in [0.2, 0.25) is 47.3 Å². The maximum absolute atomic E-state index is 14.0. The zero-order valence-corrected chi connectivity index (χ0v) is 30.9. The number of carbonyl (C=O) groups excluding carboxylic acids is 8. The SMILES string of the molecule is CCCC[C@H](NC(C)=O)C(=O)N[C@H]1CCC(=O)NCCC[C@@H](C(N)=O)NC(=O)[C@H](C)NC(=O)[C@@H](Cc2ccccc2)NC(=O)[C@H](Cc2cnc[nH]2)NC1=O. The number of aromatic nitrogens is 2. The van der Waals surface area contributed by atoms with Crippen molar-refractivity contribution < 1.29 is 38.4 Å². The van der Waals surface area contributed by atoms with Crippen LogP contribution in [-0.2, 0) is 51.2 Å². The predicted molar refractivity (Wildman–Crippen MR) is 196 cm³/mol. The Morgan fingerprint density at radius 1 is 0.907 bits per heavy atom. The number of benzene rings is 1. The van der Waals surface area contributed by atoms with E-state index in [1.165, 1.54) is 26.4 Å². The minimum Gasteiger partial charge on any atom is -0.368 e. The van der Waals surface area contributed by atoms with Crippen LogP contribution in [0.3, 0.4) is 0 Å². The van der Waals surface area contributed by atoms with Crippen LogP contribution in [0, 0.1) is 0 Å². The van der Waals surface area contributed by atoms with Crippen molar-refractivity contribution in [1.82, 2.24) is 47.2 Å². The van der Waals surface area contributed by atoms with Crippen LogP contribution in [0.25, 0.3) is 0 Å². The summed E-state index contributed by atoms with van der Waals surface area (Å²) in [5.41, 5.74) is 6.68. The van der Waals surface area contributed by atoms with E-state index in [9.17, 15) is 38.4 Å². The summed E-state index contributed by atoms with van der Waals surface area (Å²) in [4.78, 5) is 112. The van der Waals surface area contributed by atoms with E-state index < -0.39 is 83.5 Å². The zero-order valence-electron chi connectivity index (χ0n) is 30.9. The number of carbonyl (C=O) groups is 8. The lowest BCUT2D eigenvalue weighted by molar-refractivity contribution is -0.135. The third-order valence-corrected chi connectivity index (χ3v) is 8.76. The van der Waals surface area contributed by atoms with Gasteiger partial charge in [-0.05, 0) is 38.2 Å². The first-order valence-corrected chi connectivity index (χ1v) is 18.1. The molecule has 0 unspecified atom stereocenters. The van der Waals surface area contributed by atoms with Gasteiger partial charge in [-0.25, -0.2) is 4.98 Å². The highest BCUT2D eigenvalue weighted by molar-refractivity contribution is 5.97. The Morgan fingerprint density at radius 3 is 2.24 bits per heavy atom. The van der Waals surface area contributed by atoms with E-state index in [0.29, 0.717) is 24.1 Å². The normalized spacial score (nSPS) is 22.9. The third kappa shape index (κ3) is 14.3. The number of nitrogens with one attached hydrogen (secondary N) is 8. The molecule has 18 heteroatoms. The molecule has 1 aliphatic rings. The van der Waals surface area contributed by atoms with Crippen LogP contribution in [-0.4, -0.2) is 100 Å². The van der Waals surface area contributed by atoms with Gasteiger partial charge in [0, 0.05) is 44.6 Å². The first-order chi connectivity index (χ1) is 25.8. The van der Waals surface area contributed by atoms with E-state index >= 15 is 0 Å². The molecule has 0 bridgehead atoms. The van der Waals surface area contributed by atoms with Gasteiger partial charge in [-0.1, -0.05) is 50.1 Å². The number of rotatable bonds is 11. The highest BCUT2D eigenvalue weighted by Crippen LogP contribution is 2.09. The molecule has 6 atom stereocenters. The first kappa shape index (κ1) is 42.6. The fourth-order valence-electron chi connectivity index (χ4n) is 5.75. The third-order valence-electron chi connectivity index (χ3n) is 8.76. The second kappa shape index (κ2) is 21.7. The van der Waals surface area contributed by atoms with Crippen molar-refractivity contribution in [2.75, 3.05) is 6.54 Å². The highest BCUT2D eigenvalue weighted by atomic mass is 16.2. The van der Waals surface area contributed by atoms with Gasteiger partial charge in [-0.15, -0.1) is 0 Å². The molecule has 294 valence electrons. The molecule has 54 heavy (non-hydrogen) atoms. The van der Waals surface area contributed by atoms with Gasteiger partial charge in [0.15, 0.2) is 0 Å². The predicted octanol–water partition coefficient (Wildman–Crippen LogP) is -1.49. The van der Waals surface area contributed by atoms with E-state index in [4.69, 9.17) is 5.73 Å².